The zero-order chi connectivity index (χ0) is 13.8. The summed E-state index contributed by atoms with van der Waals surface area (Å²) < 4.78 is 9.85. The maximum Gasteiger partial charge on any atom is 0.313 e. The summed E-state index contributed by atoms with van der Waals surface area (Å²) in [6, 6.07) is 0.0309. The standard InChI is InChI=1S/C13H23NO5/c1-17-8-6-10(15)12-11(13(16)18-2)9-5-3-4-7-14(9)19-12/h9-12,15H,3-8H2,1-2H3/t9-,10+,11+,12-/m1/s1. The van der Waals surface area contributed by atoms with Crippen molar-refractivity contribution in [3.63, 3.8) is 0 Å². The summed E-state index contributed by atoms with van der Waals surface area (Å²) in [7, 11) is 2.97. The van der Waals surface area contributed by atoms with Crippen molar-refractivity contribution in [1.82, 2.24) is 5.06 Å². The molecule has 0 aromatic carbocycles. The van der Waals surface area contributed by atoms with E-state index in [-0.39, 0.29) is 12.0 Å². The summed E-state index contributed by atoms with van der Waals surface area (Å²) in [6.45, 7) is 1.26. The highest BCUT2D eigenvalue weighted by Crippen LogP contribution is 2.36. The molecular formula is C13H23NO5. The summed E-state index contributed by atoms with van der Waals surface area (Å²) >= 11 is 0. The molecule has 110 valence electrons. The van der Waals surface area contributed by atoms with E-state index >= 15 is 0 Å². The van der Waals surface area contributed by atoms with E-state index in [9.17, 15) is 9.90 Å². The summed E-state index contributed by atoms with van der Waals surface area (Å²) in [6.07, 6.45) is 2.27. The van der Waals surface area contributed by atoms with Crippen molar-refractivity contribution in [2.75, 3.05) is 27.4 Å². The first kappa shape index (κ1) is 14.7. The summed E-state index contributed by atoms with van der Waals surface area (Å²) in [5.74, 6) is -0.701. The van der Waals surface area contributed by atoms with Gasteiger partial charge in [-0.05, 0) is 19.3 Å². The summed E-state index contributed by atoms with van der Waals surface area (Å²) in [5.41, 5.74) is 0. The number of carbonyl (C=O) groups excluding carboxylic acids is 1. The number of carbonyl (C=O) groups is 1. The van der Waals surface area contributed by atoms with E-state index in [0.717, 1.165) is 25.8 Å². The molecule has 0 spiro atoms. The number of ether oxygens (including phenoxy) is 2. The van der Waals surface area contributed by atoms with Gasteiger partial charge in [0, 0.05) is 20.3 Å². The first-order chi connectivity index (χ1) is 9.19. The largest absolute Gasteiger partial charge is 0.469 e. The lowest BCUT2D eigenvalue weighted by molar-refractivity contribution is -0.195. The SMILES string of the molecule is COCC[C@H](O)[C@H]1ON2CCCC[C@@H]2[C@@H]1C(=O)OC. The average Bonchev–Trinajstić information content (AvgIpc) is 2.83. The summed E-state index contributed by atoms with van der Waals surface area (Å²) in [4.78, 5) is 17.8. The number of nitrogens with zero attached hydrogens (tertiary/aromatic N) is 1. The number of aliphatic hydroxyl groups excluding tert-OH is 1. The molecule has 2 aliphatic rings. The number of aliphatic hydroxyl groups is 1. The van der Waals surface area contributed by atoms with Crippen molar-refractivity contribution in [1.29, 1.82) is 0 Å². The molecule has 19 heavy (non-hydrogen) atoms. The fraction of sp³-hybridized carbons (Fsp3) is 0.923. The van der Waals surface area contributed by atoms with Gasteiger partial charge in [-0.3, -0.25) is 9.63 Å². The van der Waals surface area contributed by atoms with Crippen LogP contribution >= 0.6 is 0 Å². The third-order valence-corrected chi connectivity index (χ3v) is 3.99. The van der Waals surface area contributed by atoms with Gasteiger partial charge in [0.15, 0.2) is 0 Å². The Morgan fingerprint density at radius 3 is 2.95 bits per heavy atom. The predicted molar refractivity (Wildman–Crippen MR) is 67.2 cm³/mol. The van der Waals surface area contributed by atoms with Gasteiger partial charge in [-0.15, -0.1) is 0 Å². The molecule has 2 heterocycles. The Balaban J connectivity index is 2.09. The second-order valence-electron chi connectivity index (χ2n) is 5.17. The monoisotopic (exact) mass is 273 g/mol. The highest BCUT2D eigenvalue weighted by molar-refractivity contribution is 5.74. The van der Waals surface area contributed by atoms with Crippen LogP contribution in [0, 0.1) is 5.92 Å². The van der Waals surface area contributed by atoms with E-state index in [1.165, 1.54) is 7.11 Å². The topological polar surface area (TPSA) is 68.2 Å². The van der Waals surface area contributed by atoms with Crippen LogP contribution in [0.15, 0.2) is 0 Å². The van der Waals surface area contributed by atoms with Gasteiger partial charge in [0.05, 0.1) is 19.3 Å². The van der Waals surface area contributed by atoms with Crippen molar-refractivity contribution < 1.29 is 24.2 Å². The molecule has 0 radical (unpaired) electrons. The lowest BCUT2D eigenvalue weighted by atomic mass is 9.86. The molecule has 2 saturated heterocycles. The van der Waals surface area contributed by atoms with Gasteiger partial charge in [-0.25, -0.2) is 0 Å². The first-order valence-electron chi connectivity index (χ1n) is 6.87. The fourth-order valence-electron chi connectivity index (χ4n) is 3.00. The van der Waals surface area contributed by atoms with Crippen LogP contribution in [0.1, 0.15) is 25.7 Å². The molecule has 6 nitrogen and oxygen atoms in total. The van der Waals surface area contributed by atoms with Crippen molar-refractivity contribution in [3.8, 4) is 0 Å². The van der Waals surface area contributed by atoms with E-state index in [0.29, 0.717) is 13.0 Å². The molecule has 2 rings (SSSR count). The minimum atomic E-state index is -0.713. The lowest BCUT2D eigenvalue weighted by Gasteiger charge is -2.28. The average molecular weight is 273 g/mol. The minimum Gasteiger partial charge on any atom is -0.469 e. The highest BCUT2D eigenvalue weighted by atomic mass is 16.7. The van der Waals surface area contributed by atoms with E-state index < -0.39 is 18.1 Å². The van der Waals surface area contributed by atoms with Gasteiger partial charge in [0.25, 0.3) is 0 Å². The van der Waals surface area contributed by atoms with Crippen LogP contribution in [0.5, 0.6) is 0 Å². The Bertz CT molecular complexity index is 311. The maximum absolute atomic E-state index is 12.0. The molecule has 0 aliphatic carbocycles. The molecule has 0 amide bonds. The van der Waals surface area contributed by atoms with Gasteiger partial charge in [0.2, 0.25) is 0 Å². The Morgan fingerprint density at radius 2 is 2.26 bits per heavy atom. The normalized spacial score (nSPS) is 32.9. The van der Waals surface area contributed by atoms with Crippen LogP contribution in [0.2, 0.25) is 0 Å². The van der Waals surface area contributed by atoms with Crippen LogP contribution < -0.4 is 0 Å². The molecule has 6 heteroatoms. The predicted octanol–water partition coefficient (Wildman–Crippen LogP) is 0.341. The quantitative estimate of drug-likeness (QED) is 0.729. The van der Waals surface area contributed by atoms with Gasteiger partial charge >= 0.3 is 5.97 Å². The van der Waals surface area contributed by atoms with Crippen molar-refractivity contribution in [2.24, 2.45) is 5.92 Å². The van der Waals surface area contributed by atoms with Gasteiger partial charge in [-0.2, -0.15) is 5.06 Å². The number of hydroxylamine groups is 2. The molecular weight excluding hydrogens is 250 g/mol. The van der Waals surface area contributed by atoms with Crippen LogP contribution in [0.4, 0.5) is 0 Å². The number of hydrogen-bond donors (Lipinski definition) is 1. The molecule has 2 aliphatic heterocycles. The lowest BCUT2D eigenvalue weighted by Crippen LogP contribution is -2.42. The third-order valence-electron chi connectivity index (χ3n) is 3.99. The molecule has 4 atom stereocenters. The van der Waals surface area contributed by atoms with Crippen molar-refractivity contribution in [3.05, 3.63) is 0 Å². The Morgan fingerprint density at radius 1 is 1.47 bits per heavy atom. The van der Waals surface area contributed by atoms with E-state index in [2.05, 4.69) is 0 Å². The Labute approximate surface area is 113 Å². The van der Waals surface area contributed by atoms with Crippen LogP contribution in [-0.4, -0.2) is 61.8 Å². The van der Waals surface area contributed by atoms with Crippen LogP contribution in [-0.2, 0) is 19.1 Å². The van der Waals surface area contributed by atoms with E-state index in [1.807, 2.05) is 5.06 Å². The summed E-state index contributed by atoms with van der Waals surface area (Å²) in [5, 5.41) is 12.1. The van der Waals surface area contributed by atoms with Gasteiger partial charge in [0.1, 0.15) is 12.0 Å². The number of methoxy groups -OCH3 is 2. The minimum absolute atomic E-state index is 0.0309. The number of fused-ring (bicyclic) bond motifs is 1. The molecule has 0 aromatic heterocycles. The molecule has 2 fully saturated rings. The van der Waals surface area contributed by atoms with Gasteiger partial charge in [-0.1, -0.05) is 6.42 Å². The van der Waals surface area contributed by atoms with Crippen molar-refractivity contribution in [2.45, 2.75) is 43.9 Å². The molecule has 0 saturated carbocycles. The molecule has 0 aromatic rings. The Kier molecular flexibility index (Phi) is 5.15. The number of piperidine rings is 1. The number of hydrogen-bond acceptors (Lipinski definition) is 6. The maximum atomic E-state index is 12.0. The van der Waals surface area contributed by atoms with E-state index in [4.69, 9.17) is 14.3 Å². The third kappa shape index (κ3) is 3.08. The second-order valence-corrected chi connectivity index (χ2v) is 5.17. The first-order valence-corrected chi connectivity index (χ1v) is 6.87. The fourth-order valence-corrected chi connectivity index (χ4v) is 3.00. The Hall–Kier alpha value is -0.690. The zero-order valence-electron chi connectivity index (χ0n) is 11.6. The smallest absolute Gasteiger partial charge is 0.313 e. The van der Waals surface area contributed by atoms with Gasteiger partial charge < -0.3 is 14.6 Å². The molecule has 0 bridgehead atoms. The zero-order valence-corrected chi connectivity index (χ0v) is 11.6. The molecule has 0 unspecified atom stereocenters. The second kappa shape index (κ2) is 6.65. The van der Waals surface area contributed by atoms with Crippen molar-refractivity contribution >= 4 is 5.97 Å². The highest BCUT2D eigenvalue weighted by Gasteiger charge is 2.51. The van der Waals surface area contributed by atoms with E-state index in [1.54, 1.807) is 7.11 Å². The number of esters is 1. The van der Waals surface area contributed by atoms with Crippen LogP contribution in [0.3, 0.4) is 0 Å². The molecule has 1 N–H and O–H groups in total. The number of rotatable bonds is 5. The van der Waals surface area contributed by atoms with Crippen LogP contribution in [0.25, 0.3) is 0 Å².